The van der Waals surface area contributed by atoms with E-state index in [1.54, 1.807) is 12.3 Å². The van der Waals surface area contributed by atoms with Crippen LogP contribution in [0.4, 0.5) is 17.1 Å². The summed E-state index contributed by atoms with van der Waals surface area (Å²) in [5, 5.41) is 3.44. The summed E-state index contributed by atoms with van der Waals surface area (Å²) in [7, 11) is 2.08. The van der Waals surface area contributed by atoms with Gasteiger partial charge in [0.1, 0.15) is 5.69 Å². The Morgan fingerprint density at radius 3 is 2.46 bits per heavy atom. The highest BCUT2D eigenvalue weighted by atomic mass is 16.5. The molecule has 1 N–H and O–H groups in total. The van der Waals surface area contributed by atoms with E-state index in [1.165, 1.54) is 0 Å². The second kappa shape index (κ2) is 8.58. The van der Waals surface area contributed by atoms with Crippen molar-refractivity contribution in [2.24, 2.45) is 0 Å². The minimum absolute atomic E-state index is 0.00775. The van der Waals surface area contributed by atoms with Gasteiger partial charge in [-0.05, 0) is 31.3 Å². The van der Waals surface area contributed by atoms with E-state index in [2.05, 4.69) is 39.3 Å². The van der Waals surface area contributed by atoms with Gasteiger partial charge in [0.15, 0.2) is 0 Å². The highest BCUT2D eigenvalue weighted by Gasteiger charge is 2.21. The van der Waals surface area contributed by atoms with E-state index in [9.17, 15) is 4.79 Å². The summed E-state index contributed by atoms with van der Waals surface area (Å²) in [5.74, 6) is 0.00775. The number of amides is 1. The Morgan fingerprint density at radius 1 is 1.00 bits per heavy atom. The average Bonchev–Trinajstić information content (AvgIpc) is 2.75. The summed E-state index contributed by atoms with van der Waals surface area (Å²) in [4.78, 5) is 23.5. The average molecular weight is 381 g/mol. The maximum atomic E-state index is 12.6. The normalized spacial score (nSPS) is 18.2. The summed E-state index contributed by atoms with van der Waals surface area (Å²) in [5.41, 5.74) is 3.56. The van der Waals surface area contributed by atoms with Gasteiger partial charge in [-0.2, -0.15) is 0 Å². The van der Waals surface area contributed by atoms with Gasteiger partial charge in [-0.25, -0.2) is 4.98 Å². The van der Waals surface area contributed by atoms with Crippen molar-refractivity contribution in [3.63, 3.8) is 0 Å². The van der Waals surface area contributed by atoms with Crippen molar-refractivity contribution in [1.82, 2.24) is 14.8 Å². The molecule has 0 radical (unpaired) electrons. The molecule has 1 aromatic heterocycles. The van der Waals surface area contributed by atoms with Crippen LogP contribution in [0.2, 0.25) is 0 Å². The molecule has 1 aromatic carbocycles. The number of hydrogen-bond acceptors (Lipinski definition) is 6. The van der Waals surface area contributed by atoms with Gasteiger partial charge >= 0.3 is 0 Å². The Hall–Kier alpha value is -2.64. The molecule has 0 aliphatic carbocycles. The zero-order valence-corrected chi connectivity index (χ0v) is 16.3. The largest absolute Gasteiger partial charge is 0.378 e. The summed E-state index contributed by atoms with van der Waals surface area (Å²) >= 11 is 0. The molecule has 0 bridgehead atoms. The minimum Gasteiger partial charge on any atom is -0.378 e. The standard InChI is InChI=1S/C21H27N5O2/c1-24-8-10-26(11-9-24)21(27)19-7-6-17(16-22-19)23-18-4-2-3-5-20(18)25-12-14-28-15-13-25/h2-7,16,23H,8-15H2,1H3. The highest BCUT2D eigenvalue weighted by molar-refractivity contribution is 5.92. The number of piperazine rings is 1. The first-order chi connectivity index (χ1) is 13.7. The molecule has 2 fully saturated rings. The Bertz CT molecular complexity index is 797. The lowest BCUT2D eigenvalue weighted by Gasteiger charge is -2.32. The fraction of sp³-hybridized carbons (Fsp3) is 0.429. The molecular formula is C21H27N5O2. The zero-order valence-electron chi connectivity index (χ0n) is 16.3. The summed E-state index contributed by atoms with van der Waals surface area (Å²) in [6.07, 6.45) is 1.74. The second-order valence-electron chi connectivity index (χ2n) is 7.27. The fourth-order valence-electron chi connectivity index (χ4n) is 3.58. The Kier molecular flexibility index (Phi) is 5.73. The first-order valence-electron chi connectivity index (χ1n) is 9.83. The number of carbonyl (C=O) groups excluding carboxylic acids is 1. The van der Waals surface area contributed by atoms with Crippen molar-refractivity contribution < 1.29 is 9.53 Å². The third-order valence-electron chi connectivity index (χ3n) is 5.31. The molecule has 2 aromatic rings. The van der Waals surface area contributed by atoms with Crippen LogP contribution in [-0.2, 0) is 4.74 Å². The molecule has 28 heavy (non-hydrogen) atoms. The molecule has 0 atom stereocenters. The van der Waals surface area contributed by atoms with Crippen LogP contribution in [-0.4, -0.2) is 80.2 Å². The number of hydrogen-bond donors (Lipinski definition) is 1. The number of ether oxygens (including phenoxy) is 1. The smallest absolute Gasteiger partial charge is 0.272 e. The van der Waals surface area contributed by atoms with Crippen LogP contribution in [0, 0.1) is 0 Å². The maximum Gasteiger partial charge on any atom is 0.272 e. The first kappa shape index (κ1) is 18.7. The molecular weight excluding hydrogens is 354 g/mol. The molecule has 148 valence electrons. The van der Waals surface area contributed by atoms with Gasteiger partial charge in [-0.3, -0.25) is 4.79 Å². The van der Waals surface area contributed by atoms with Gasteiger partial charge in [-0.1, -0.05) is 12.1 Å². The van der Waals surface area contributed by atoms with E-state index >= 15 is 0 Å². The van der Waals surface area contributed by atoms with Gasteiger partial charge in [-0.15, -0.1) is 0 Å². The molecule has 2 saturated heterocycles. The van der Waals surface area contributed by atoms with E-state index in [1.807, 2.05) is 23.1 Å². The summed E-state index contributed by atoms with van der Waals surface area (Å²) < 4.78 is 5.46. The predicted octanol–water partition coefficient (Wildman–Crippen LogP) is 2.05. The molecule has 0 unspecified atom stereocenters. The molecule has 2 aliphatic heterocycles. The van der Waals surface area contributed by atoms with Crippen LogP contribution in [0.15, 0.2) is 42.6 Å². The molecule has 7 nitrogen and oxygen atoms in total. The maximum absolute atomic E-state index is 12.6. The number of rotatable bonds is 4. The second-order valence-corrected chi connectivity index (χ2v) is 7.27. The Morgan fingerprint density at radius 2 is 1.75 bits per heavy atom. The van der Waals surface area contributed by atoms with Crippen molar-refractivity contribution in [2.45, 2.75) is 0 Å². The molecule has 4 rings (SSSR count). The van der Waals surface area contributed by atoms with Gasteiger partial charge in [0.05, 0.1) is 36.5 Å². The van der Waals surface area contributed by atoms with Crippen molar-refractivity contribution in [3.8, 4) is 0 Å². The quantitative estimate of drug-likeness (QED) is 0.875. The van der Waals surface area contributed by atoms with Gasteiger partial charge < -0.3 is 24.8 Å². The first-order valence-corrected chi connectivity index (χ1v) is 9.83. The monoisotopic (exact) mass is 381 g/mol. The van der Waals surface area contributed by atoms with Gasteiger partial charge in [0.25, 0.3) is 5.91 Å². The number of morpholine rings is 1. The number of nitrogens with one attached hydrogen (secondary N) is 1. The molecule has 7 heteroatoms. The Balaban J connectivity index is 1.44. The van der Waals surface area contributed by atoms with E-state index in [-0.39, 0.29) is 5.91 Å². The minimum atomic E-state index is 0.00775. The van der Waals surface area contributed by atoms with Crippen LogP contribution in [0.5, 0.6) is 0 Å². The fourth-order valence-corrected chi connectivity index (χ4v) is 3.58. The number of para-hydroxylation sites is 2. The molecule has 3 heterocycles. The molecule has 0 spiro atoms. The van der Waals surface area contributed by atoms with Crippen LogP contribution in [0.3, 0.4) is 0 Å². The van der Waals surface area contributed by atoms with Crippen molar-refractivity contribution >= 4 is 23.0 Å². The third kappa shape index (κ3) is 4.26. The van der Waals surface area contributed by atoms with Crippen molar-refractivity contribution in [2.75, 3.05) is 69.7 Å². The number of nitrogens with zero attached hydrogens (tertiary/aromatic N) is 4. The number of pyridine rings is 1. The van der Waals surface area contributed by atoms with Crippen molar-refractivity contribution in [3.05, 3.63) is 48.3 Å². The molecule has 2 aliphatic rings. The Labute approximate surface area is 165 Å². The molecule has 0 saturated carbocycles. The topological polar surface area (TPSA) is 60.9 Å². The lowest BCUT2D eigenvalue weighted by molar-refractivity contribution is 0.0658. The van der Waals surface area contributed by atoms with E-state index in [0.29, 0.717) is 5.69 Å². The van der Waals surface area contributed by atoms with E-state index in [0.717, 1.165) is 69.5 Å². The van der Waals surface area contributed by atoms with Crippen molar-refractivity contribution in [1.29, 1.82) is 0 Å². The number of aromatic nitrogens is 1. The lowest BCUT2D eigenvalue weighted by atomic mass is 10.2. The van der Waals surface area contributed by atoms with E-state index < -0.39 is 0 Å². The highest BCUT2D eigenvalue weighted by Crippen LogP contribution is 2.29. The van der Waals surface area contributed by atoms with Crippen LogP contribution in [0.1, 0.15) is 10.5 Å². The van der Waals surface area contributed by atoms with Crippen LogP contribution >= 0.6 is 0 Å². The predicted molar refractivity (Wildman–Crippen MR) is 110 cm³/mol. The number of carbonyl (C=O) groups is 1. The SMILES string of the molecule is CN1CCN(C(=O)c2ccc(Nc3ccccc3N3CCOCC3)cn2)CC1. The zero-order chi connectivity index (χ0) is 19.3. The van der Waals surface area contributed by atoms with Crippen LogP contribution < -0.4 is 10.2 Å². The summed E-state index contributed by atoms with van der Waals surface area (Å²) in [6, 6.07) is 12.0. The van der Waals surface area contributed by atoms with Gasteiger partial charge in [0, 0.05) is 39.3 Å². The summed E-state index contributed by atoms with van der Waals surface area (Å²) in [6.45, 7) is 6.59. The molecule has 1 amide bonds. The third-order valence-corrected chi connectivity index (χ3v) is 5.31. The number of anilines is 3. The van der Waals surface area contributed by atoms with Gasteiger partial charge in [0.2, 0.25) is 0 Å². The lowest BCUT2D eigenvalue weighted by Crippen LogP contribution is -2.47. The van der Waals surface area contributed by atoms with E-state index in [4.69, 9.17) is 4.74 Å². The number of benzene rings is 1. The van der Waals surface area contributed by atoms with Crippen LogP contribution in [0.25, 0.3) is 0 Å². The number of likely N-dealkylation sites (N-methyl/N-ethyl adjacent to an activating group) is 1.